The normalized spacial score (nSPS) is 11.0. The first-order valence-corrected chi connectivity index (χ1v) is 8.04. The van der Waals surface area contributed by atoms with Crippen molar-refractivity contribution >= 4 is 11.1 Å². The molecule has 0 unspecified atom stereocenters. The Hall–Kier alpha value is -3.21. The molecular weight excluding hydrogens is 314 g/mol. The van der Waals surface area contributed by atoms with Crippen LogP contribution in [0, 0.1) is 13.8 Å². The number of fused-ring (bicyclic) bond motifs is 1. The first-order valence-electron chi connectivity index (χ1n) is 8.04. The molecule has 3 heterocycles. The predicted octanol–water partition coefficient (Wildman–Crippen LogP) is 4.48. The third-order valence-electron chi connectivity index (χ3n) is 3.84. The quantitative estimate of drug-likeness (QED) is 0.552. The monoisotopic (exact) mass is 331 g/mol. The molecule has 0 bridgehead atoms. The number of hydrogen-bond acceptors (Lipinski definition) is 5. The summed E-state index contributed by atoms with van der Waals surface area (Å²) in [4.78, 5) is 13.1. The van der Waals surface area contributed by atoms with Crippen molar-refractivity contribution in [2.24, 2.45) is 0 Å². The Morgan fingerprint density at radius 2 is 1.88 bits per heavy atom. The molecule has 0 atom stereocenters. The molecule has 0 aliphatic carbocycles. The van der Waals surface area contributed by atoms with Gasteiger partial charge in [-0.3, -0.25) is 9.97 Å². The van der Waals surface area contributed by atoms with Crippen LogP contribution in [-0.2, 0) is 6.61 Å². The Morgan fingerprint density at radius 3 is 2.68 bits per heavy atom. The summed E-state index contributed by atoms with van der Waals surface area (Å²) in [6, 6.07) is 11.6. The van der Waals surface area contributed by atoms with E-state index in [0.717, 1.165) is 39.2 Å². The molecule has 4 rings (SSSR count). The lowest BCUT2D eigenvalue weighted by Gasteiger charge is -2.05. The van der Waals surface area contributed by atoms with Crippen molar-refractivity contribution in [3.05, 3.63) is 71.8 Å². The van der Waals surface area contributed by atoms with Crippen LogP contribution in [0.25, 0.3) is 22.6 Å². The molecule has 5 nitrogen and oxygen atoms in total. The number of oxazole rings is 1. The molecule has 1 aromatic carbocycles. The van der Waals surface area contributed by atoms with E-state index in [-0.39, 0.29) is 0 Å². The van der Waals surface area contributed by atoms with Gasteiger partial charge in [0.25, 0.3) is 0 Å². The van der Waals surface area contributed by atoms with Gasteiger partial charge in [-0.2, -0.15) is 0 Å². The van der Waals surface area contributed by atoms with Gasteiger partial charge >= 0.3 is 0 Å². The minimum atomic E-state index is 0.415. The molecule has 3 aromatic heterocycles. The van der Waals surface area contributed by atoms with Gasteiger partial charge in [-0.05, 0) is 49.2 Å². The Labute approximate surface area is 145 Å². The van der Waals surface area contributed by atoms with Crippen LogP contribution in [0.1, 0.15) is 16.8 Å². The Kier molecular flexibility index (Phi) is 3.90. The Bertz CT molecular complexity index is 1020. The minimum Gasteiger partial charge on any atom is -0.487 e. The van der Waals surface area contributed by atoms with Gasteiger partial charge in [0.05, 0.1) is 11.3 Å². The average molecular weight is 331 g/mol. The lowest BCUT2D eigenvalue weighted by atomic mass is 10.2. The molecular formula is C20H17N3O2. The van der Waals surface area contributed by atoms with Crippen LogP contribution in [0.3, 0.4) is 0 Å². The van der Waals surface area contributed by atoms with E-state index in [4.69, 9.17) is 9.15 Å². The second-order valence-electron chi connectivity index (χ2n) is 6.02. The summed E-state index contributed by atoms with van der Waals surface area (Å²) in [6.07, 6.45) is 5.39. The van der Waals surface area contributed by atoms with Gasteiger partial charge in [-0.25, -0.2) is 4.98 Å². The second-order valence-corrected chi connectivity index (χ2v) is 6.02. The molecule has 0 aliphatic heterocycles. The van der Waals surface area contributed by atoms with Crippen molar-refractivity contribution in [1.29, 1.82) is 0 Å². The van der Waals surface area contributed by atoms with Crippen molar-refractivity contribution in [3.8, 4) is 17.2 Å². The van der Waals surface area contributed by atoms with E-state index < -0.39 is 0 Å². The summed E-state index contributed by atoms with van der Waals surface area (Å²) < 4.78 is 11.6. The molecule has 124 valence electrons. The molecule has 5 heteroatoms. The van der Waals surface area contributed by atoms with E-state index >= 15 is 0 Å². The summed E-state index contributed by atoms with van der Waals surface area (Å²) in [6.45, 7) is 4.42. The molecule has 0 N–H and O–H groups in total. The fourth-order valence-corrected chi connectivity index (χ4v) is 2.53. The summed E-state index contributed by atoms with van der Waals surface area (Å²) in [5.74, 6) is 1.29. The summed E-state index contributed by atoms with van der Waals surface area (Å²) in [5.41, 5.74) is 5.42. The van der Waals surface area contributed by atoms with Gasteiger partial charge in [0.1, 0.15) is 17.9 Å². The smallest absolute Gasteiger partial charge is 0.228 e. The van der Waals surface area contributed by atoms with Crippen molar-refractivity contribution in [3.63, 3.8) is 0 Å². The number of benzene rings is 1. The standard InChI is InChI=1S/C20H17N3O2/c1-13-3-4-16(22-10-13)12-24-17-5-6-19-18(8-17)23-20(25-19)15-7-14(2)9-21-11-15/h3-11H,12H2,1-2H3. The first-order chi connectivity index (χ1) is 12.2. The number of ether oxygens (including phenoxy) is 1. The molecule has 0 saturated carbocycles. The van der Waals surface area contributed by atoms with Crippen LogP contribution in [0.15, 0.2) is 59.4 Å². The van der Waals surface area contributed by atoms with Gasteiger partial charge < -0.3 is 9.15 Å². The fraction of sp³-hybridized carbons (Fsp3) is 0.150. The third-order valence-corrected chi connectivity index (χ3v) is 3.84. The first kappa shape index (κ1) is 15.3. The van der Waals surface area contributed by atoms with Crippen LogP contribution in [0.4, 0.5) is 0 Å². The van der Waals surface area contributed by atoms with Crippen molar-refractivity contribution in [2.45, 2.75) is 20.5 Å². The summed E-state index contributed by atoms with van der Waals surface area (Å²) in [5, 5.41) is 0. The lowest BCUT2D eigenvalue weighted by molar-refractivity contribution is 0.301. The highest BCUT2D eigenvalue weighted by Crippen LogP contribution is 2.27. The van der Waals surface area contributed by atoms with E-state index in [1.165, 1.54) is 0 Å². The van der Waals surface area contributed by atoms with Gasteiger partial charge in [0.15, 0.2) is 5.58 Å². The molecule has 25 heavy (non-hydrogen) atoms. The molecule has 0 fully saturated rings. The zero-order chi connectivity index (χ0) is 17.2. The van der Waals surface area contributed by atoms with Crippen LogP contribution < -0.4 is 4.74 Å². The number of pyridine rings is 2. The van der Waals surface area contributed by atoms with E-state index in [1.807, 2.05) is 56.4 Å². The van der Waals surface area contributed by atoms with Crippen LogP contribution in [0.2, 0.25) is 0 Å². The highest BCUT2D eigenvalue weighted by Gasteiger charge is 2.10. The molecule has 0 radical (unpaired) electrons. The van der Waals surface area contributed by atoms with E-state index in [1.54, 1.807) is 12.4 Å². The Balaban J connectivity index is 1.56. The molecule has 0 amide bonds. The average Bonchev–Trinajstić information content (AvgIpc) is 3.05. The topological polar surface area (TPSA) is 61.0 Å². The van der Waals surface area contributed by atoms with Crippen molar-refractivity contribution < 1.29 is 9.15 Å². The molecule has 0 spiro atoms. The summed E-state index contributed by atoms with van der Waals surface area (Å²) >= 11 is 0. The van der Waals surface area contributed by atoms with Gasteiger partial charge in [0.2, 0.25) is 5.89 Å². The van der Waals surface area contributed by atoms with E-state index in [0.29, 0.717) is 12.5 Å². The number of aromatic nitrogens is 3. The van der Waals surface area contributed by atoms with Crippen LogP contribution in [-0.4, -0.2) is 15.0 Å². The highest BCUT2D eigenvalue weighted by atomic mass is 16.5. The van der Waals surface area contributed by atoms with Crippen LogP contribution in [0.5, 0.6) is 5.75 Å². The zero-order valence-corrected chi connectivity index (χ0v) is 14.1. The van der Waals surface area contributed by atoms with Crippen LogP contribution >= 0.6 is 0 Å². The number of aryl methyl sites for hydroxylation is 2. The van der Waals surface area contributed by atoms with Gasteiger partial charge in [-0.15, -0.1) is 0 Å². The molecule has 0 saturated heterocycles. The number of nitrogens with zero attached hydrogens (tertiary/aromatic N) is 3. The lowest BCUT2D eigenvalue weighted by Crippen LogP contribution is -1.97. The maximum atomic E-state index is 5.82. The molecule has 0 aliphatic rings. The fourth-order valence-electron chi connectivity index (χ4n) is 2.53. The van der Waals surface area contributed by atoms with Gasteiger partial charge in [-0.1, -0.05) is 6.07 Å². The van der Waals surface area contributed by atoms with Crippen molar-refractivity contribution in [1.82, 2.24) is 15.0 Å². The highest BCUT2D eigenvalue weighted by molar-refractivity contribution is 5.77. The third kappa shape index (κ3) is 3.35. The van der Waals surface area contributed by atoms with Crippen molar-refractivity contribution in [2.75, 3.05) is 0 Å². The maximum Gasteiger partial charge on any atom is 0.228 e. The minimum absolute atomic E-state index is 0.415. The molecule has 4 aromatic rings. The number of hydrogen-bond donors (Lipinski definition) is 0. The summed E-state index contributed by atoms with van der Waals surface area (Å²) in [7, 11) is 0. The maximum absolute atomic E-state index is 5.82. The van der Waals surface area contributed by atoms with E-state index in [2.05, 4.69) is 15.0 Å². The number of rotatable bonds is 4. The predicted molar refractivity (Wildman–Crippen MR) is 95.3 cm³/mol. The van der Waals surface area contributed by atoms with Gasteiger partial charge in [0, 0.05) is 24.7 Å². The Morgan fingerprint density at radius 1 is 0.960 bits per heavy atom. The SMILES string of the molecule is Cc1ccc(COc2ccc3oc(-c4cncc(C)c4)nc3c2)nc1. The van der Waals surface area contributed by atoms with E-state index in [9.17, 15) is 0 Å². The second kappa shape index (κ2) is 6.36. The largest absolute Gasteiger partial charge is 0.487 e. The zero-order valence-electron chi connectivity index (χ0n) is 14.1.